The second kappa shape index (κ2) is 7.89. The van der Waals surface area contributed by atoms with Crippen molar-refractivity contribution < 1.29 is 13.9 Å². The Labute approximate surface area is 181 Å². The predicted octanol–water partition coefficient (Wildman–Crippen LogP) is 2.43. The molecular formula is C22H30N6O3. The highest BCUT2D eigenvalue weighted by atomic mass is 16.5. The summed E-state index contributed by atoms with van der Waals surface area (Å²) in [6.07, 6.45) is 2.38. The predicted molar refractivity (Wildman–Crippen MR) is 120 cm³/mol. The molecule has 2 aliphatic rings. The van der Waals surface area contributed by atoms with Gasteiger partial charge < -0.3 is 24.1 Å². The summed E-state index contributed by atoms with van der Waals surface area (Å²) in [4.78, 5) is 18.3. The van der Waals surface area contributed by atoms with Crippen molar-refractivity contribution in [2.75, 3.05) is 63.7 Å². The molecule has 0 aliphatic carbocycles. The van der Waals surface area contributed by atoms with Crippen LogP contribution in [0.3, 0.4) is 0 Å². The number of nitrogens with zero attached hydrogens (tertiary/aromatic N) is 5. The molecule has 3 aromatic heterocycles. The minimum absolute atomic E-state index is 0.249. The second-order valence-corrected chi connectivity index (χ2v) is 9.08. The molecule has 1 saturated heterocycles. The summed E-state index contributed by atoms with van der Waals surface area (Å²) in [5.41, 5.74) is 4.15. The van der Waals surface area contributed by atoms with E-state index in [0.29, 0.717) is 23.7 Å². The highest BCUT2D eigenvalue weighted by Crippen LogP contribution is 2.41. The van der Waals surface area contributed by atoms with Gasteiger partial charge in [0.2, 0.25) is 5.71 Å². The smallest absolute Gasteiger partial charge is 0.231 e. The lowest BCUT2D eigenvalue weighted by molar-refractivity contribution is -0.0395. The van der Waals surface area contributed by atoms with Crippen molar-refractivity contribution >= 4 is 33.8 Å². The van der Waals surface area contributed by atoms with Gasteiger partial charge in [0.25, 0.3) is 0 Å². The van der Waals surface area contributed by atoms with Gasteiger partial charge in [0.15, 0.2) is 11.4 Å². The number of rotatable bonds is 5. The van der Waals surface area contributed by atoms with E-state index >= 15 is 0 Å². The van der Waals surface area contributed by atoms with Gasteiger partial charge in [-0.05, 0) is 19.4 Å². The molecule has 0 amide bonds. The first kappa shape index (κ1) is 20.4. The molecule has 9 nitrogen and oxygen atoms in total. The maximum absolute atomic E-state index is 6.25. The van der Waals surface area contributed by atoms with Crippen molar-refractivity contribution in [3.8, 4) is 0 Å². The van der Waals surface area contributed by atoms with Gasteiger partial charge in [0.05, 0.1) is 30.8 Å². The summed E-state index contributed by atoms with van der Waals surface area (Å²) < 4.78 is 17.8. The van der Waals surface area contributed by atoms with Crippen LogP contribution >= 0.6 is 0 Å². The van der Waals surface area contributed by atoms with E-state index in [9.17, 15) is 0 Å². The number of fused-ring (bicyclic) bond motifs is 5. The van der Waals surface area contributed by atoms with Crippen LogP contribution in [0.2, 0.25) is 0 Å². The molecule has 5 rings (SSSR count). The number of ether oxygens (including phenoxy) is 2. The highest BCUT2D eigenvalue weighted by molar-refractivity contribution is 6.07. The Hall–Kier alpha value is -2.49. The van der Waals surface area contributed by atoms with E-state index in [0.717, 1.165) is 68.1 Å². The minimum atomic E-state index is -0.249. The Balaban J connectivity index is 1.54. The van der Waals surface area contributed by atoms with Gasteiger partial charge in [-0.2, -0.15) is 4.98 Å². The molecule has 9 heteroatoms. The van der Waals surface area contributed by atoms with Crippen LogP contribution in [0.4, 0.5) is 11.6 Å². The maximum Gasteiger partial charge on any atom is 0.231 e. The molecule has 0 spiro atoms. The van der Waals surface area contributed by atoms with E-state index in [1.54, 1.807) is 6.33 Å². The summed E-state index contributed by atoms with van der Waals surface area (Å²) in [5.74, 6) is 1.59. The zero-order chi connectivity index (χ0) is 21.6. The molecule has 0 atom stereocenters. The molecule has 2 aliphatic heterocycles. The molecule has 1 fully saturated rings. The van der Waals surface area contributed by atoms with Crippen LogP contribution in [-0.2, 0) is 22.5 Å². The fourth-order valence-electron chi connectivity index (χ4n) is 4.44. The van der Waals surface area contributed by atoms with Crippen LogP contribution in [-0.4, -0.2) is 78.9 Å². The molecule has 5 heterocycles. The third-order valence-corrected chi connectivity index (χ3v) is 6.05. The minimum Gasteiger partial charge on any atom is -0.432 e. The maximum atomic E-state index is 6.25. The Bertz CT molecular complexity index is 1100. The van der Waals surface area contributed by atoms with Crippen LogP contribution in [0, 0.1) is 0 Å². The van der Waals surface area contributed by atoms with Crippen molar-refractivity contribution in [1.82, 2.24) is 19.9 Å². The van der Waals surface area contributed by atoms with Crippen LogP contribution in [0.5, 0.6) is 0 Å². The number of hydrogen-bond acceptors (Lipinski definition) is 9. The first-order valence-corrected chi connectivity index (χ1v) is 10.9. The number of hydrogen-bond donors (Lipinski definition) is 1. The molecule has 0 aromatic carbocycles. The Morgan fingerprint density at radius 1 is 1.16 bits per heavy atom. The van der Waals surface area contributed by atoms with E-state index in [2.05, 4.69) is 34.0 Å². The van der Waals surface area contributed by atoms with E-state index in [4.69, 9.17) is 18.9 Å². The van der Waals surface area contributed by atoms with Crippen LogP contribution in [0.1, 0.15) is 25.0 Å². The summed E-state index contributed by atoms with van der Waals surface area (Å²) in [5, 5.41) is 4.42. The van der Waals surface area contributed by atoms with E-state index in [-0.39, 0.29) is 5.60 Å². The Morgan fingerprint density at radius 2 is 1.97 bits per heavy atom. The third-order valence-electron chi connectivity index (χ3n) is 6.05. The first-order chi connectivity index (χ1) is 14.9. The number of anilines is 2. The molecule has 1 N–H and O–H groups in total. The summed E-state index contributed by atoms with van der Waals surface area (Å²) in [7, 11) is 3.99. The Morgan fingerprint density at radius 3 is 2.74 bits per heavy atom. The zero-order valence-corrected chi connectivity index (χ0v) is 18.7. The quantitative estimate of drug-likeness (QED) is 0.661. The van der Waals surface area contributed by atoms with Crippen molar-refractivity contribution in [1.29, 1.82) is 0 Å². The standard InChI is InChI=1S/C22H30N6O3/c1-22(2)11-14-15(12-30-22)20(27(3)4)26-21-16(14)17-18(31-21)19(25-13-24-17)23-5-6-28-7-9-29-10-8-28/h13H,5-12H2,1-4H3,(H,23,24,25). The van der Waals surface area contributed by atoms with Crippen LogP contribution < -0.4 is 10.2 Å². The molecule has 0 saturated carbocycles. The number of morpholine rings is 1. The second-order valence-electron chi connectivity index (χ2n) is 9.08. The normalized spacial score (nSPS) is 19.0. The number of nitrogens with one attached hydrogen (secondary N) is 1. The van der Waals surface area contributed by atoms with Crippen molar-refractivity contribution in [2.45, 2.75) is 32.5 Å². The average molecular weight is 427 g/mol. The fraction of sp³-hybridized carbons (Fsp3) is 0.591. The van der Waals surface area contributed by atoms with Gasteiger partial charge in [-0.1, -0.05) is 0 Å². The third kappa shape index (κ3) is 3.81. The molecule has 0 radical (unpaired) electrons. The van der Waals surface area contributed by atoms with Gasteiger partial charge in [0, 0.05) is 52.3 Å². The van der Waals surface area contributed by atoms with Gasteiger partial charge in [0.1, 0.15) is 17.7 Å². The average Bonchev–Trinajstić information content (AvgIpc) is 3.13. The van der Waals surface area contributed by atoms with E-state index in [1.165, 1.54) is 5.56 Å². The zero-order valence-electron chi connectivity index (χ0n) is 18.7. The van der Waals surface area contributed by atoms with Crippen molar-refractivity contribution in [3.63, 3.8) is 0 Å². The summed E-state index contributed by atoms with van der Waals surface area (Å²) >= 11 is 0. The number of furan rings is 1. The highest BCUT2D eigenvalue weighted by Gasteiger charge is 2.33. The molecule has 3 aromatic rings. The number of aromatic nitrogens is 3. The van der Waals surface area contributed by atoms with Crippen LogP contribution in [0.15, 0.2) is 10.7 Å². The number of pyridine rings is 1. The lowest BCUT2D eigenvalue weighted by atomic mass is 9.90. The monoisotopic (exact) mass is 426 g/mol. The lowest BCUT2D eigenvalue weighted by Gasteiger charge is -2.33. The fourth-order valence-corrected chi connectivity index (χ4v) is 4.44. The van der Waals surface area contributed by atoms with E-state index in [1.807, 2.05) is 19.0 Å². The lowest BCUT2D eigenvalue weighted by Crippen LogP contribution is -2.39. The van der Waals surface area contributed by atoms with Crippen molar-refractivity contribution in [2.24, 2.45) is 0 Å². The molecule has 0 unspecified atom stereocenters. The summed E-state index contributed by atoms with van der Waals surface area (Å²) in [6.45, 7) is 10.00. The largest absolute Gasteiger partial charge is 0.432 e. The van der Waals surface area contributed by atoms with Crippen LogP contribution in [0.25, 0.3) is 22.2 Å². The molecule has 166 valence electrons. The van der Waals surface area contributed by atoms with Crippen molar-refractivity contribution in [3.05, 3.63) is 17.5 Å². The SMILES string of the molecule is CN(C)c1nc2oc3c(NCCN4CCOCC4)ncnc3c2c2c1COC(C)(C)C2. The first-order valence-electron chi connectivity index (χ1n) is 10.9. The van der Waals surface area contributed by atoms with Gasteiger partial charge >= 0.3 is 0 Å². The van der Waals surface area contributed by atoms with Gasteiger partial charge in [-0.3, -0.25) is 4.90 Å². The Kier molecular flexibility index (Phi) is 5.19. The topological polar surface area (TPSA) is 88.8 Å². The van der Waals surface area contributed by atoms with Gasteiger partial charge in [-0.15, -0.1) is 0 Å². The summed E-state index contributed by atoms with van der Waals surface area (Å²) in [6, 6.07) is 0. The van der Waals surface area contributed by atoms with Gasteiger partial charge in [-0.25, -0.2) is 9.97 Å². The molecular weight excluding hydrogens is 396 g/mol. The molecule has 31 heavy (non-hydrogen) atoms. The molecule has 0 bridgehead atoms. The van der Waals surface area contributed by atoms with E-state index < -0.39 is 0 Å².